The molecule has 0 saturated heterocycles. The van der Waals surface area contributed by atoms with Gasteiger partial charge >= 0.3 is 12.0 Å². The van der Waals surface area contributed by atoms with Crippen LogP contribution in [0.5, 0.6) is 0 Å². The molecule has 3 N–H and O–H groups in total. The van der Waals surface area contributed by atoms with Gasteiger partial charge in [-0.15, -0.1) is 0 Å². The minimum Gasteiger partial charge on any atom is -0.480 e. The van der Waals surface area contributed by atoms with Gasteiger partial charge in [0.15, 0.2) is 0 Å². The lowest BCUT2D eigenvalue weighted by Gasteiger charge is -2.27. The number of carboxylic acid groups (broad SMARTS) is 1. The van der Waals surface area contributed by atoms with Gasteiger partial charge in [-0.1, -0.05) is 19.8 Å². The molecule has 0 spiro atoms. The molecule has 18 heavy (non-hydrogen) atoms. The Hall–Kier alpha value is -1.30. The number of carbonyl (C=O) groups is 2. The van der Waals surface area contributed by atoms with Gasteiger partial charge in [-0.2, -0.15) is 0 Å². The Morgan fingerprint density at radius 2 is 2.00 bits per heavy atom. The number of hydrogen-bond donors (Lipinski definition) is 3. The molecule has 6 nitrogen and oxygen atoms in total. The van der Waals surface area contributed by atoms with Gasteiger partial charge in [0.05, 0.1) is 12.6 Å². The summed E-state index contributed by atoms with van der Waals surface area (Å²) < 4.78 is 4.98. The zero-order chi connectivity index (χ0) is 13.6. The predicted molar refractivity (Wildman–Crippen MR) is 66.5 cm³/mol. The van der Waals surface area contributed by atoms with Crippen molar-refractivity contribution >= 4 is 12.0 Å². The summed E-state index contributed by atoms with van der Waals surface area (Å²) >= 11 is 0. The molecule has 1 atom stereocenters. The van der Waals surface area contributed by atoms with E-state index < -0.39 is 17.5 Å². The summed E-state index contributed by atoms with van der Waals surface area (Å²) in [6.45, 7) is 2.36. The number of urea groups is 1. The molecule has 1 aliphatic rings. The van der Waals surface area contributed by atoms with Gasteiger partial charge < -0.3 is 20.5 Å². The monoisotopic (exact) mass is 258 g/mol. The summed E-state index contributed by atoms with van der Waals surface area (Å²) in [5.74, 6) is -0.949. The molecule has 1 rings (SSSR count). The second kappa shape index (κ2) is 6.58. The molecule has 1 aliphatic carbocycles. The van der Waals surface area contributed by atoms with E-state index in [4.69, 9.17) is 4.74 Å². The number of amides is 2. The first-order valence-corrected chi connectivity index (χ1v) is 6.35. The second-order valence-corrected chi connectivity index (χ2v) is 4.75. The van der Waals surface area contributed by atoms with Gasteiger partial charge in [-0.3, -0.25) is 0 Å². The smallest absolute Gasteiger partial charge is 0.329 e. The number of aliphatic carboxylic acids is 1. The average molecular weight is 258 g/mol. The number of ether oxygens (including phenoxy) is 1. The third kappa shape index (κ3) is 3.60. The van der Waals surface area contributed by atoms with Crippen LogP contribution in [0.25, 0.3) is 0 Å². The number of hydrogen-bond acceptors (Lipinski definition) is 3. The highest BCUT2D eigenvalue weighted by atomic mass is 16.5. The number of methoxy groups -OCH3 is 1. The van der Waals surface area contributed by atoms with Crippen LogP contribution in [-0.2, 0) is 9.53 Å². The van der Waals surface area contributed by atoms with Crippen molar-refractivity contribution in [1.29, 1.82) is 0 Å². The van der Waals surface area contributed by atoms with Gasteiger partial charge in [-0.05, 0) is 19.3 Å². The third-order valence-corrected chi connectivity index (χ3v) is 3.42. The topological polar surface area (TPSA) is 87.7 Å². The van der Waals surface area contributed by atoms with Crippen molar-refractivity contribution in [3.63, 3.8) is 0 Å². The SMILES string of the molecule is CCC(COC)NC(=O)NC1(C(=O)O)CCCC1. The molecule has 0 aliphatic heterocycles. The molecule has 1 saturated carbocycles. The number of rotatable bonds is 6. The minimum atomic E-state index is -1.09. The molecule has 0 heterocycles. The maximum absolute atomic E-state index is 11.8. The van der Waals surface area contributed by atoms with E-state index in [2.05, 4.69) is 10.6 Å². The van der Waals surface area contributed by atoms with E-state index in [9.17, 15) is 14.7 Å². The Morgan fingerprint density at radius 3 is 2.44 bits per heavy atom. The van der Waals surface area contributed by atoms with Crippen LogP contribution >= 0.6 is 0 Å². The lowest BCUT2D eigenvalue weighted by Crippen LogP contribution is -2.57. The zero-order valence-corrected chi connectivity index (χ0v) is 11.0. The molecule has 104 valence electrons. The third-order valence-electron chi connectivity index (χ3n) is 3.42. The zero-order valence-electron chi connectivity index (χ0n) is 11.0. The van der Waals surface area contributed by atoms with E-state index in [0.29, 0.717) is 19.4 Å². The number of carboxylic acids is 1. The van der Waals surface area contributed by atoms with E-state index in [1.807, 2.05) is 6.92 Å². The van der Waals surface area contributed by atoms with E-state index >= 15 is 0 Å². The van der Waals surface area contributed by atoms with Crippen molar-refractivity contribution in [3.05, 3.63) is 0 Å². The highest BCUT2D eigenvalue weighted by molar-refractivity contribution is 5.86. The highest BCUT2D eigenvalue weighted by Gasteiger charge is 2.42. The molecule has 0 bridgehead atoms. The Kier molecular flexibility index (Phi) is 5.40. The normalized spacial score (nSPS) is 19.2. The molecule has 0 radical (unpaired) electrons. The molecular weight excluding hydrogens is 236 g/mol. The Balaban J connectivity index is 2.54. The first kappa shape index (κ1) is 14.8. The number of carbonyl (C=O) groups excluding carboxylic acids is 1. The van der Waals surface area contributed by atoms with Crippen molar-refractivity contribution in [3.8, 4) is 0 Å². The Morgan fingerprint density at radius 1 is 1.39 bits per heavy atom. The van der Waals surface area contributed by atoms with Crippen LogP contribution in [0.1, 0.15) is 39.0 Å². The van der Waals surface area contributed by atoms with Crippen LogP contribution in [0.15, 0.2) is 0 Å². The fourth-order valence-corrected chi connectivity index (χ4v) is 2.27. The van der Waals surface area contributed by atoms with E-state index in [-0.39, 0.29) is 6.04 Å². The highest BCUT2D eigenvalue weighted by Crippen LogP contribution is 2.29. The van der Waals surface area contributed by atoms with Gasteiger partial charge in [-0.25, -0.2) is 9.59 Å². The van der Waals surface area contributed by atoms with Crippen molar-refractivity contribution in [2.45, 2.75) is 50.6 Å². The van der Waals surface area contributed by atoms with Crippen molar-refractivity contribution < 1.29 is 19.4 Å². The summed E-state index contributed by atoms with van der Waals surface area (Å²) in [4.78, 5) is 23.1. The second-order valence-electron chi connectivity index (χ2n) is 4.75. The molecule has 0 aromatic carbocycles. The molecular formula is C12H22N2O4. The molecule has 6 heteroatoms. The van der Waals surface area contributed by atoms with Crippen LogP contribution in [0.4, 0.5) is 4.79 Å². The summed E-state index contributed by atoms with van der Waals surface area (Å²) in [7, 11) is 1.57. The first-order valence-electron chi connectivity index (χ1n) is 6.35. The largest absolute Gasteiger partial charge is 0.480 e. The first-order chi connectivity index (χ1) is 8.54. The lowest BCUT2D eigenvalue weighted by molar-refractivity contribution is -0.144. The summed E-state index contributed by atoms with van der Waals surface area (Å²) in [5.41, 5.74) is -1.09. The summed E-state index contributed by atoms with van der Waals surface area (Å²) in [6.07, 6.45) is 3.40. The van der Waals surface area contributed by atoms with Crippen LogP contribution < -0.4 is 10.6 Å². The van der Waals surface area contributed by atoms with Crippen molar-refractivity contribution in [2.75, 3.05) is 13.7 Å². The van der Waals surface area contributed by atoms with E-state index in [0.717, 1.165) is 19.3 Å². The van der Waals surface area contributed by atoms with Gasteiger partial charge in [0.1, 0.15) is 5.54 Å². The Labute approximate surface area is 107 Å². The van der Waals surface area contributed by atoms with Crippen LogP contribution in [-0.4, -0.2) is 42.4 Å². The Bertz CT molecular complexity index is 300. The van der Waals surface area contributed by atoms with E-state index in [1.165, 1.54) is 0 Å². The van der Waals surface area contributed by atoms with Crippen LogP contribution in [0.2, 0.25) is 0 Å². The average Bonchev–Trinajstić information content (AvgIpc) is 2.78. The fourth-order valence-electron chi connectivity index (χ4n) is 2.27. The molecule has 1 fully saturated rings. The van der Waals surface area contributed by atoms with Crippen LogP contribution in [0.3, 0.4) is 0 Å². The minimum absolute atomic E-state index is 0.0951. The quantitative estimate of drug-likeness (QED) is 0.666. The van der Waals surface area contributed by atoms with Crippen molar-refractivity contribution in [2.24, 2.45) is 0 Å². The van der Waals surface area contributed by atoms with Gasteiger partial charge in [0.25, 0.3) is 0 Å². The maximum atomic E-state index is 11.8. The van der Waals surface area contributed by atoms with Crippen molar-refractivity contribution in [1.82, 2.24) is 10.6 Å². The molecule has 0 aromatic rings. The summed E-state index contributed by atoms with van der Waals surface area (Å²) in [6, 6.07) is -0.523. The number of nitrogens with one attached hydrogen (secondary N) is 2. The standard InChI is InChI=1S/C12H22N2O4/c1-3-9(8-18-2)13-11(17)14-12(10(15)16)6-4-5-7-12/h9H,3-8H2,1-2H3,(H,15,16)(H2,13,14,17). The molecule has 0 aromatic heterocycles. The van der Waals surface area contributed by atoms with Gasteiger partial charge in [0, 0.05) is 7.11 Å². The maximum Gasteiger partial charge on any atom is 0.329 e. The predicted octanol–water partition coefficient (Wildman–Crippen LogP) is 1.11. The van der Waals surface area contributed by atoms with Gasteiger partial charge in [0.2, 0.25) is 0 Å². The lowest BCUT2D eigenvalue weighted by atomic mass is 9.98. The molecule has 2 amide bonds. The summed E-state index contributed by atoms with van der Waals surface area (Å²) in [5, 5.41) is 14.6. The van der Waals surface area contributed by atoms with E-state index in [1.54, 1.807) is 7.11 Å². The van der Waals surface area contributed by atoms with Crippen LogP contribution in [0, 0.1) is 0 Å². The fraction of sp³-hybridized carbons (Fsp3) is 0.833. The molecule has 1 unspecified atom stereocenters.